The van der Waals surface area contributed by atoms with Crippen LogP contribution in [-0.2, 0) is 29.6 Å². The van der Waals surface area contributed by atoms with Crippen molar-refractivity contribution in [1.29, 1.82) is 0 Å². The molecule has 0 bridgehead atoms. The van der Waals surface area contributed by atoms with Gasteiger partial charge in [0, 0.05) is 18.1 Å². The molecular formula is C22H28ClN3O7S2. The van der Waals surface area contributed by atoms with Gasteiger partial charge in [-0.25, -0.2) is 16.8 Å². The Labute approximate surface area is 210 Å². The number of hydrogen-bond acceptors (Lipinski definition) is 7. The summed E-state index contributed by atoms with van der Waals surface area (Å²) in [6.07, 6.45) is 1.01. The molecule has 10 nitrogen and oxygen atoms in total. The molecule has 1 fully saturated rings. The first-order valence-electron chi connectivity index (χ1n) is 10.8. The van der Waals surface area contributed by atoms with E-state index in [9.17, 15) is 21.6 Å². The van der Waals surface area contributed by atoms with Crippen molar-refractivity contribution >= 4 is 43.2 Å². The lowest BCUT2D eigenvalue weighted by molar-refractivity contribution is -0.119. The van der Waals surface area contributed by atoms with Crippen molar-refractivity contribution in [3.63, 3.8) is 0 Å². The summed E-state index contributed by atoms with van der Waals surface area (Å²) in [5.41, 5.74) is 1.08. The van der Waals surface area contributed by atoms with Crippen molar-refractivity contribution in [2.45, 2.75) is 11.8 Å². The summed E-state index contributed by atoms with van der Waals surface area (Å²) in [6.45, 7) is 2.98. The van der Waals surface area contributed by atoms with Crippen molar-refractivity contribution in [3.05, 3.63) is 53.1 Å². The van der Waals surface area contributed by atoms with Gasteiger partial charge in [0.15, 0.2) is 0 Å². The van der Waals surface area contributed by atoms with Crippen LogP contribution in [0.1, 0.15) is 5.56 Å². The number of halogens is 1. The van der Waals surface area contributed by atoms with Crippen LogP contribution in [0.2, 0.25) is 5.02 Å². The quantitative estimate of drug-likeness (QED) is 0.450. The Morgan fingerprint density at radius 3 is 2.37 bits per heavy atom. The maximum Gasteiger partial charge on any atom is 0.243 e. The Morgan fingerprint density at radius 2 is 1.77 bits per heavy atom. The van der Waals surface area contributed by atoms with E-state index in [0.29, 0.717) is 42.8 Å². The summed E-state index contributed by atoms with van der Waals surface area (Å²) in [5, 5.41) is 3.01. The number of carbonyl (C=O) groups is 1. The number of sulfonamides is 2. The number of rotatable bonds is 10. The highest BCUT2D eigenvalue weighted by Crippen LogP contribution is 2.25. The third kappa shape index (κ3) is 7.31. The molecule has 0 radical (unpaired) electrons. The maximum atomic E-state index is 12.7. The minimum atomic E-state index is -3.72. The van der Waals surface area contributed by atoms with Gasteiger partial charge < -0.3 is 14.8 Å². The molecule has 0 spiro atoms. The standard InChI is InChI=1S/C22H28ClN3O7S2/c1-17-3-4-18(15-21(17)23)26(34(2,28)29)16-22(27)24-9-12-33-19-5-7-20(8-6-19)35(30,31)25-10-13-32-14-11-25/h3-8,15H,9-14,16H2,1-2H3,(H,24,27). The topological polar surface area (TPSA) is 122 Å². The Hall–Kier alpha value is -2.38. The number of anilines is 1. The zero-order valence-electron chi connectivity index (χ0n) is 19.4. The molecule has 1 saturated heterocycles. The van der Waals surface area contributed by atoms with E-state index in [1.807, 2.05) is 0 Å². The van der Waals surface area contributed by atoms with Crippen LogP contribution < -0.4 is 14.4 Å². The summed E-state index contributed by atoms with van der Waals surface area (Å²) in [5.74, 6) is -0.0742. The molecule has 0 atom stereocenters. The molecule has 0 aliphatic carbocycles. The monoisotopic (exact) mass is 545 g/mol. The van der Waals surface area contributed by atoms with Crippen molar-refractivity contribution in [2.24, 2.45) is 0 Å². The fraction of sp³-hybridized carbons (Fsp3) is 0.409. The minimum absolute atomic E-state index is 0.108. The first-order chi connectivity index (χ1) is 16.5. The molecule has 1 heterocycles. The third-order valence-electron chi connectivity index (χ3n) is 5.26. The number of amides is 1. The first-order valence-corrected chi connectivity index (χ1v) is 14.5. The zero-order chi connectivity index (χ0) is 25.6. The number of nitrogens with one attached hydrogen (secondary N) is 1. The van der Waals surface area contributed by atoms with Gasteiger partial charge in [-0.05, 0) is 48.9 Å². The molecule has 0 unspecified atom stereocenters. The number of ether oxygens (including phenoxy) is 2. The molecule has 2 aromatic rings. The van der Waals surface area contributed by atoms with Crippen molar-refractivity contribution in [1.82, 2.24) is 9.62 Å². The molecular weight excluding hydrogens is 518 g/mol. The van der Waals surface area contributed by atoms with Crippen LogP contribution in [0.3, 0.4) is 0 Å². The normalized spacial score (nSPS) is 14.9. The molecule has 0 aromatic heterocycles. The third-order valence-corrected chi connectivity index (χ3v) is 8.72. The van der Waals surface area contributed by atoms with Gasteiger partial charge in [0.05, 0.1) is 36.6 Å². The predicted molar refractivity (Wildman–Crippen MR) is 133 cm³/mol. The molecule has 35 heavy (non-hydrogen) atoms. The van der Waals surface area contributed by atoms with Crippen LogP contribution >= 0.6 is 11.6 Å². The van der Waals surface area contributed by atoms with Crippen LogP contribution in [0.5, 0.6) is 5.75 Å². The molecule has 0 saturated carbocycles. The van der Waals surface area contributed by atoms with E-state index < -0.39 is 32.5 Å². The van der Waals surface area contributed by atoms with E-state index in [0.717, 1.165) is 16.1 Å². The van der Waals surface area contributed by atoms with Gasteiger partial charge in [-0.1, -0.05) is 17.7 Å². The molecule has 2 aromatic carbocycles. The number of aryl methyl sites for hydroxylation is 1. The molecule has 13 heteroatoms. The van der Waals surface area contributed by atoms with Gasteiger partial charge in [-0.15, -0.1) is 0 Å². The second-order valence-corrected chi connectivity index (χ2v) is 12.1. The first kappa shape index (κ1) is 27.2. The van der Waals surface area contributed by atoms with E-state index in [4.69, 9.17) is 21.1 Å². The number of hydrogen-bond donors (Lipinski definition) is 1. The Bertz CT molecular complexity index is 1250. The molecule has 1 aliphatic heterocycles. The molecule has 1 aliphatic rings. The number of carbonyl (C=O) groups excluding carboxylic acids is 1. The Kier molecular flexibility index (Phi) is 9.00. The lowest BCUT2D eigenvalue weighted by Gasteiger charge is -2.26. The number of nitrogens with zero attached hydrogens (tertiary/aromatic N) is 2. The highest BCUT2D eigenvalue weighted by Gasteiger charge is 2.26. The average molecular weight is 546 g/mol. The van der Waals surface area contributed by atoms with Gasteiger partial charge >= 0.3 is 0 Å². The smallest absolute Gasteiger partial charge is 0.243 e. The zero-order valence-corrected chi connectivity index (χ0v) is 21.8. The summed E-state index contributed by atoms with van der Waals surface area (Å²) >= 11 is 6.10. The second kappa shape index (κ2) is 11.6. The van der Waals surface area contributed by atoms with Gasteiger partial charge in [-0.3, -0.25) is 9.10 Å². The highest BCUT2D eigenvalue weighted by atomic mass is 35.5. The largest absolute Gasteiger partial charge is 0.492 e. The summed E-state index contributed by atoms with van der Waals surface area (Å²) < 4.78 is 62.8. The summed E-state index contributed by atoms with van der Waals surface area (Å²) in [6, 6.07) is 10.8. The van der Waals surface area contributed by atoms with Gasteiger partial charge in [-0.2, -0.15) is 4.31 Å². The van der Waals surface area contributed by atoms with Crippen LogP contribution in [0.4, 0.5) is 5.69 Å². The van der Waals surface area contributed by atoms with E-state index >= 15 is 0 Å². The molecule has 1 amide bonds. The van der Waals surface area contributed by atoms with Crippen LogP contribution in [0, 0.1) is 6.92 Å². The maximum absolute atomic E-state index is 12.7. The minimum Gasteiger partial charge on any atom is -0.492 e. The second-order valence-electron chi connectivity index (χ2n) is 7.89. The summed E-state index contributed by atoms with van der Waals surface area (Å²) in [7, 11) is -7.31. The fourth-order valence-corrected chi connectivity index (χ4v) is 5.76. The molecule has 192 valence electrons. The van der Waals surface area contributed by atoms with E-state index in [1.165, 1.54) is 22.5 Å². The van der Waals surface area contributed by atoms with Crippen LogP contribution in [0.25, 0.3) is 0 Å². The van der Waals surface area contributed by atoms with E-state index in [-0.39, 0.29) is 18.0 Å². The Morgan fingerprint density at radius 1 is 1.11 bits per heavy atom. The fourth-order valence-electron chi connectivity index (χ4n) is 3.33. The van der Waals surface area contributed by atoms with Crippen LogP contribution in [0.15, 0.2) is 47.4 Å². The SMILES string of the molecule is Cc1ccc(N(CC(=O)NCCOc2ccc(S(=O)(=O)N3CCOCC3)cc2)S(C)(=O)=O)cc1Cl. The van der Waals surface area contributed by atoms with E-state index in [1.54, 1.807) is 31.2 Å². The summed E-state index contributed by atoms with van der Waals surface area (Å²) in [4.78, 5) is 12.5. The van der Waals surface area contributed by atoms with Crippen molar-refractivity contribution in [2.75, 3.05) is 56.6 Å². The Balaban J connectivity index is 1.50. The van der Waals surface area contributed by atoms with Gasteiger partial charge in [0.1, 0.15) is 18.9 Å². The van der Waals surface area contributed by atoms with Crippen molar-refractivity contribution < 1.29 is 31.1 Å². The lowest BCUT2D eigenvalue weighted by atomic mass is 10.2. The molecule has 1 N–H and O–H groups in total. The van der Waals surface area contributed by atoms with Crippen LogP contribution in [-0.4, -0.2) is 79.3 Å². The number of morpholine rings is 1. The number of benzene rings is 2. The average Bonchev–Trinajstić information content (AvgIpc) is 2.82. The van der Waals surface area contributed by atoms with Crippen molar-refractivity contribution in [3.8, 4) is 5.75 Å². The predicted octanol–water partition coefficient (Wildman–Crippen LogP) is 1.63. The van der Waals surface area contributed by atoms with Gasteiger partial charge in [0.2, 0.25) is 26.0 Å². The van der Waals surface area contributed by atoms with Gasteiger partial charge in [0.25, 0.3) is 0 Å². The van der Waals surface area contributed by atoms with E-state index in [2.05, 4.69) is 5.32 Å². The molecule has 3 rings (SSSR count). The lowest BCUT2D eigenvalue weighted by Crippen LogP contribution is -2.41. The highest BCUT2D eigenvalue weighted by molar-refractivity contribution is 7.92.